The topological polar surface area (TPSA) is 154 Å². The molecule has 0 aliphatic carbocycles. The summed E-state index contributed by atoms with van der Waals surface area (Å²) < 4.78 is 23.9. The molecule has 2 heterocycles. The van der Waals surface area contributed by atoms with Crippen LogP contribution < -0.4 is 0 Å². The number of phosphoric acid groups is 2. The van der Waals surface area contributed by atoms with Gasteiger partial charge in [-0.05, 0) is 12.1 Å². The van der Waals surface area contributed by atoms with E-state index in [1.807, 2.05) is 24.4 Å². The van der Waals surface area contributed by atoms with Gasteiger partial charge in [0.05, 0.1) is 11.7 Å². The number of pyridine rings is 1. The van der Waals surface area contributed by atoms with Crippen molar-refractivity contribution in [2.75, 3.05) is 0 Å². The second kappa shape index (κ2) is 5.68. The van der Waals surface area contributed by atoms with Gasteiger partial charge in [0.1, 0.15) is 0 Å². The third kappa shape index (κ3) is 5.99. The Morgan fingerprint density at radius 3 is 2.17 bits per heavy atom. The molecule has 100 valence electrons. The van der Waals surface area contributed by atoms with Crippen molar-refractivity contribution in [1.29, 1.82) is 0 Å². The van der Waals surface area contributed by atoms with E-state index in [1.54, 1.807) is 10.7 Å². The first kappa shape index (κ1) is 14.9. The number of fused-ring (bicyclic) bond motifs is 1. The lowest BCUT2D eigenvalue weighted by atomic mass is 10.4. The maximum absolute atomic E-state index is 9.63. The second-order valence-corrected chi connectivity index (χ2v) is 5.48. The summed E-state index contributed by atoms with van der Waals surface area (Å²) in [6.07, 6.45) is 3.59. The summed E-state index contributed by atoms with van der Waals surface area (Å²) in [6, 6.07) is 5.83. The molecule has 0 radical (unpaired) electrons. The van der Waals surface area contributed by atoms with E-state index in [1.165, 1.54) is 0 Å². The van der Waals surface area contributed by atoms with Crippen LogP contribution in [0.5, 0.6) is 0 Å². The first-order valence-corrected chi connectivity index (χ1v) is 7.31. The van der Waals surface area contributed by atoms with Crippen molar-refractivity contribution in [1.82, 2.24) is 14.8 Å². The SMILES string of the molecule is O=P(O)(O)OP(=O)(O)O.c1ccn2nncc2c1. The highest BCUT2D eigenvalue weighted by Crippen LogP contribution is 2.53. The third-order valence-corrected chi connectivity index (χ3v) is 3.12. The summed E-state index contributed by atoms with van der Waals surface area (Å²) >= 11 is 0. The molecule has 0 fully saturated rings. The summed E-state index contributed by atoms with van der Waals surface area (Å²) in [7, 11) is -10.1. The number of hydrogen-bond acceptors (Lipinski definition) is 5. The van der Waals surface area contributed by atoms with Gasteiger partial charge < -0.3 is 19.6 Å². The van der Waals surface area contributed by atoms with Crippen molar-refractivity contribution in [3.05, 3.63) is 30.6 Å². The van der Waals surface area contributed by atoms with Gasteiger partial charge in [-0.1, -0.05) is 11.3 Å². The molecule has 0 aliphatic heterocycles. The average Bonchev–Trinajstić information content (AvgIpc) is 2.59. The summed E-state index contributed by atoms with van der Waals surface area (Å²) in [5, 5.41) is 7.50. The molecule has 2 rings (SSSR count). The normalized spacial score (nSPS) is 12.0. The molecule has 12 heteroatoms. The first-order chi connectivity index (χ1) is 8.17. The monoisotopic (exact) mass is 297 g/mol. The zero-order valence-corrected chi connectivity index (χ0v) is 10.4. The molecular formula is C6H9N3O7P2. The molecule has 2 aromatic heterocycles. The van der Waals surface area contributed by atoms with Crippen LogP contribution in [-0.2, 0) is 13.4 Å². The van der Waals surface area contributed by atoms with E-state index in [-0.39, 0.29) is 0 Å². The highest BCUT2D eigenvalue weighted by molar-refractivity contribution is 7.60. The van der Waals surface area contributed by atoms with Crippen LogP contribution in [0, 0.1) is 0 Å². The minimum Gasteiger partial charge on any atom is -0.302 e. The summed E-state index contributed by atoms with van der Waals surface area (Å²) in [5.74, 6) is 0. The van der Waals surface area contributed by atoms with Crippen molar-refractivity contribution in [2.24, 2.45) is 0 Å². The van der Waals surface area contributed by atoms with Gasteiger partial charge in [-0.3, -0.25) is 0 Å². The fraction of sp³-hybridized carbons (Fsp3) is 0. The van der Waals surface area contributed by atoms with Crippen molar-refractivity contribution >= 4 is 21.2 Å². The lowest BCUT2D eigenvalue weighted by Gasteiger charge is -2.03. The fourth-order valence-corrected chi connectivity index (χ4v) is 2.02. The number of nitrogens with zero attached hydrogens (tertiary/aromatic N) is 3. The molecule has 0 atom stereocenters. The molecule has 18 heavy (non-hydrogen) atoms. The minimum atomic E-state index is -5.05. The molecule has 0 aromatic carbocycles. The van der Waals surface area contributed by atoms with E-state index < -0.39 is 15.6 Å². The maximum atomic E-state index is 9.63. The molecule has 0 unspecified atom stereocenters. The molecular weight excluding hydrogens is 288 g/mol. The molecule has 0 saturated heterocycles. The largest absolute Gasteiger partial charge is 0.478 e. The molecule has 10 nitrogen and oxygen atoms in total. The number of hydrogen-bond donors (Lipinski definition) is 4. The Bertz CT molecular complexity index is 552. The van der Waals surface area contributed by atoms with Gasteiger partial charge in [0.15, 0.2) is 0 Å². The van der Waals surface area contributed by atoms with E-state index in [0.29, 0.717) is 0 Å². The summed E-state index contributed by atoms with van der Waals surface area (Å²) in [5.41, 5.74) is 1.03. The molecule has 0 aliphatic rings. The Kier molecular flexibility index (Phi) is 4.71. The Morgan fingerprint density at radius 2 is 1.72 bits per heavy atom. The van der Waals surface area contributed by atoms with Gasteiger partial charge in [0.2, 0.25) is 0 Å². The predicted molar refractivity (Wildman–Crippen MR) is 58.2 cm³/mol. The minimum absolute atomic E-state index is 1.03. The Hall–Kier alpha value is -1.12. The van der Waals surface area contributed by atoms with Crippen molar-refractivity contribution in [3.8, 4) is 0 Å². The van der Waals surface area contributed by atoms with Crippen molar-refractivity contribution in [2.45, 2.75) is 0 Å². The third-order valence-electron chi connectivity index (χ3n) is 1.42. The zero-order chi connectivity index (χ0) is 13.8. The molecule has 0 saturated carbocycles. The van der Waals surface area contributed by atoms with Crippen molar-refractivity contribution in [3.63, 3.8) is 0 Å². The molecule has 4 N–H and O–H groups in total. The number of rotatable bonds is 2. The van der Waals surface area contributed by atoms with Gasteiger partial charge in [0.25, 0.3) is 0 Å². The van der Waals surface area contributed by atoms with Crippen molar-refractivity contribution < 1.29 is 33.0 Å². The molecule has 0 spiro atoms. The quantitative estimate of drug-likeness (QED) is 0.557. The van der Waals surface area contributed by atoms with E-state index in [9.17, 15) is 9.13 Å². The van der Waals surface area contributed by atoms with Crippen LogP contribution in [0.1, 0.15) is 0 Å². The van der Waals surface area contributed by atoms with E-state index in [2.05, 4.69) is 14.6 Å². The Morgan fingerprint density at radius 1 is 1.11 bits per heavy atom. The van der Waals surface area contributed by atoms with Gasteiger partial charge in [-0.25, -0.2) is 13.6 Å². The molecule has 0 amide bonds. The Labute approximate surface area is 100 Å². The molecule has 2 aromatic rings. The summed E-state index contributed by atoms with van der Waals surface area (Å²) in [4.78, 5) is 31.0. The number of aromatic nitrogens is 3. The Balaban J connectivity index is 0.000000180. The van der Waals surface area contributed by atoms with Gasteiger partial charge in [-0.2, -0.15) is 4.31 Å². The first-order valence-electron chi connectivity index (χ1n) is 4.25. The highest BCUT2D eigenvalue weighted by atomic mass is 31.3. The van der Waals surface area contributed by atoms with E-state index in [4.69, 9.17) is 19.6 Å². The van der Waals surface area contributed by atoms with Crippen LogP contribution >= 0.6 is 15.6 Å². The molecule has 0 bridgehead atoms. The van der Waals surface area contributed by atoms with Gasteiger partial charge in [0, 0.05) is 6.20 Å². The van der Waals surface area contributed by atoms with E-state index in [0.717, 1.165) is 5.52 Å². The average molecular weight is 297 g/mol. The standard InChI is InChI=1S/C6H5N3.H4O7P2/c1-2-4-9-6(3-1)5-7-8-9;1-8(2,3)7-9(4,5)6/h1-5H;(H2,1,2,3)(H2,4,5,6). The predicted octanol–water partition coefficient (Wildman–Crippen LogP) is -0.0823. The lowest BCUT2D eigenvalue weighted by Crippen LogP contribution is -1.84. The lowest BCUT2D eigenvalue weighted by molar-refractivity contribution is 0.225. The van der Waals surface area contributed by atoms with Crippen LogP contribution in [0.25, 0.3) is 5.52 Å². The van der Waals surface area contributed by atoms with Crippen LogP contribution in [0.3, 0.4) is 0 Å². The fourth-order valence-electron chi connectivity index (χ4n) is 0.911. The van der Waals surface area contributed by atoms with Crippen LogP contribution in [-0.4, -0.2) is 34.4 Å². The maximum Gasteiger partial charge on any atom is 0.478 e. The van der Waals surface area contributed by atoms with Crippen LogP contribution in [0.4, 0.5) is 0 Å². The summed E-state index contributed by atoms with van der Waals surface area (Å²) in [6.45, 7) is 0. The smallest absolute Gasteiger partial charge is 0.302 e. The van der Waals surface area contributed by atoms with Crippen LogP contribution in [0.15, 0.2) is 30.6 Å². The highest BCUT2D eigenvalue weighted by Gasteiger charge is 2.27. The van der Waals surface area contributed by atoms with E-state index >= 15 is 0 Å². The second-order valence-electron chi connectivity index (χ2n) is 2.87. The van der Waals surface area contributed by atoms with Gasteiger partial charge >= 0.3 is 15.6 Å². The zero-order valence-electron chi connectivity index (χ0n) is 8.64. The van der Waals surface area contributed by atoms with Gasteiger partial charge in [-0.15, -0.1) is 5.10 Å². The van der Waals surface area contributed by atoms with Crippen LogP contribution in [0.2, 0.25) is 0 Å².